The summed E-state index contributed by atoms with van der Waals surface area (Å²) in [5.41, 5.74) is 1.50. The predicted octanol–water partition coefficient (Wildman–Crippen LogP) is 6.90. The lowest BCUT2D eigenvalue weighted by molar-refractivity contribution is -0.0484. The number of nitrogens with zero attached hydrogens (tertiary/aromatic N) is 3. The monoisotopic (exact) mass is 544 g/mol. The maximum Gasteiger partial charge on any atom is 0.163 e. The molecule has 0 amide bonds. The van der Waals surface area contributed by atoms with Crippen molar-refractivity contribution in [2.75, 3.05) is 45.3 Å². The number of fused-ring (bicyclic) bond motifs is 1. The number of ether oxygens (including phenoxy) is 3. The van der Waals surface area contributed by atoms with Crippen LogP contribution in [0.25, 0.3) is 10.9 Å². The van der Waals surface area contributed by atoms with Gasteiger partial charge < -0.3 is 19.5 Å². The number of hydrogen-bond donors (Lipinski definition) is 1. The summed E-state index contributed by atoms with van der Waals surface area (Å²) in [5.74, 6) is 1.85. The predicted molar refractivity (Wildman–Crippen MR) is 151 cm³/mol. The van der Waals surface area contributed by atoms with Gasteiger partial charge in [0, 0.05) is 30.2 Å². The lowest BCUT2D eigenvalue weighted by Gasteiger charge is -2.32. The Balaban J connectivity index is 1.38. The minimum Gasteiger partial charge on any atom is -0.493 e. The van der Waals surface area contributed by atoms with Gasteiger partial charge in [0.2, 0.25) is 0 Å². The number of methoxy groups -OCH3 is 1. The normalized spacial score (nSPS) is 16.0. The van der Waals surface area contributed by atoms with Crippen molar-refractivity contribution in [2.24, 2.45) is 0 Å². The Bertz CT molecular complexity index is 1190. The molecule has 198 valence electrons. The van der Waals surface area contributed by atoms with Gasteiger partial charge in [-0.3, -0.25) is 4.90 Å². The molecule has 1 fully saturated rings. The van der Waals surface area contributed by atoms with E-state index in [0.717, 1.165) is 49.3 Å². The molecule has 1 aliphatic rings. The molecule has 0 saturated carbocycles. The van der Waals surface area contributed by atoms with Gasteiger partial charge in [-0.25, -0.2) is 9.97 Å². The largest absolute Gasteiger partial charge is 0.493 e. The second kappa shape index (κ2) is 13.8. The summed E-state index contributed by atoms with van der Waals surface area (Å²) in [4.78, 5) is 11.3. The van der Waals surface area contributed by atoms with Crippen LogP contribution in [0, 0.1) is 0 Å². The van der Waals surface area contributed by atoms with Crippen molar-refractivity contribution >= 4 is 45.6 Å². The third-order valence-electron chi connectivity index (χ3n) is 6.38. The zero-order valence-corrected chi connectivity index (χ0v) is 22.7. The van der Waals surface area contributed by atoms with Crippen molar-refractivity contribution in [1.82, 2.24) is 14.9 Å². The Hall–Kier alpha value is -2.58. The van der Waals surface area contributed by atoms with E-state index in [0.29, 0.717) is 34.0 Å². The Labute approximate surface area is 228 Å². The summed E-state index contributed by atoms with van der Waals surface area (Å²) < 4.78 is 17.8. The highest BCUT2D eigenvalue weighted by atomic mass is 35.5. The molecule has 0 aliphatic carbocycles. The van der Waals surface area contributed by atoms with Gasteiger partial charge in [-0.1, -0.05) is 42.1 Å². The molecule has 1 N–H and O–H groups in total. The number of benzene rings is 2. The Kier molecular flexibility index (Phi) is 10.3. The summed E-state index contributed by atoms with van der Waals surface area (Å²) in [6, 6.07) is 9.09. The lowest BCUT2D eigenvalue weighted by atomic mass is 10.1. The molecule has 1 saturated heterocycles. The summed E-state index contributed by atoms with van der Waals surface area (Å²) in [6.07, 6.45) is 9.58. The van der Waals surface area contributed by atoms with Crippen molar-refractivity contribution in [3.8, 4) is 11.5 Å². The molecular formula is C28H34Cl2N4O3. The third-order valence-corrected chi connectivity index (χ3v) is 7.12. The number of unbranched alkanes of at least 4 members (excludes halogenated alkanes) is 4. The Morgan fingerprint density at radius 2 is 1.97 bits per heavy atom. The van der Waals surface area contributed by atoms with E-state index in [1.165, 1.54) is 32.0 Å². The molecule has 9 heteroatoms. The zero-order valence-electron chi connectivity index (χ0n) is 21.2. The zero-order chi connectivity index (χ0) is 26.0. The number of nitrogens with one attached hydrogen (secondary N) is 1. The van der Waals surface area contributed by atoms with E-state index in [1.807, 2.05) is 24.3 Å². The van der Waals surface area contributed by atoms with Crippen LogP contribution >= 0.6 is 23.2 Å². The first-order chi connectivity index (χ1) is 18.1. The standard InChI is InChI=1S/C28H34Cl2N4O3/c1-3-4-5-6-7-8-11-34-12-13-36-21(17-34)18-37-27-16-25-22(15-26(27)35-2)28(32-19-31-25)33-20-9-10-23(29)24(30)14-20/h3,9-10,14-16,19,21H,1,4-8,11-13,17-18H2,2H3,(H,31,32,33). The van der Waals surface area contributed by atoms with Crippen molar-refractivity contribution in [1.29, 1.82) is 0 Å². The molecule has 4 rings (SSSR count). The Morgan fingerprint density at radius 1 is 1.11 bits per heavy atom. The van der Waals surface area contributed by atoms with E-state index < -0.39 is 0 Å². The quantitative estimate of drug-likeness (QED) is 0.185. The van der Waals surface area contributed by atoms with E-state index in [4.69, 9.17) is 37.4 Å². The molecular weight excluding hydrogens is 511 g/mol. The van der Waals surface area contributed by atoms with Crippen LogP contribution in [0.15, 0.2) is 49.3 Å². The molecule has 1 unspecified atom stereocenters. The highest BCUT2D eigenvalue weighted by Gasteiger charge is 2.22. The first-order valence-corrected chi connectivity index (χ1v) is 13.5. The second-order valence-corrected chi connectivity index (χ2v) is 9.91. The van der Waals surface area contributed by atoms with Crippen molar-refractivity contribution in [3.05, 3.63) is 59.4 Å². The van der Waals surface area contributed by atoms with Crippen LogP contribution < -0.4 is 14.8 Å². The number of halogens is 2. The van der Waals surface area contributed by atoms with Gasteiger partial charge in [-0.05, 0) is 50.1 Å². The molecule has 37 heavy (non-hydrogen) atoms. The minimum atomic E-state index is 0.00667. The molecule has 0 bridgehead atoms. The van der Waals surface area contributed by atoms with Crippen molar-refractivity contribution < 1.29 is 14.2 Å². The van der Waals surface area contributed by atoms with E-state index in [2.05, 4.69) is 26.8 Å². The maximum atomic E-state index is 6.18. The van der Waals surface area contributed by atoms with Crippen LogP contribution in [0.2, 0.25) is 10.0 Å². The fraction of sp³-hybridized carbons (Fsp3) is 0.429. The van der Waals surface area contributed by atoms with E-state index >= 15 is 0 Å². The van der Waals surface area contributed by atoms with Crippen molar-refractivity contribution in [3.63, 3.8) is 0 Å². The maximum absolute atomic E-state index is 6.18. The van der Waals surface area contributed by atoms with Gasteiger partial charge in [0.1, 0.15) is 24.9 Å². The number of hydrogen-bond acceptors (Lipinski definition) is 7. The van der Waals surface area contributed by atoms with Gasteiger partial charge in [0.05, 0.1) is 29.3 Å². The molecule has 2 aromatic carbocycles. The highest BCUT2D eigenvalue weighted by Crippen LogP contribution is 2.35. The van der Waals surface area contributed by atoms with Gasteiger partial charge in [0.25, 0.3) is 0 Å². The smallest absolute Gasteiger partial charge is 0.163 e. The molecule has 3 aromatic rings. The van der Waals surface area contributed by atoms with E-state index in [-0.39, 0.29) is 6.10 Å². The van der Waals surface area contributed by atoms with Crippen LogP contribution in [0.3, 0.4) is 0 Å². The molecule has 0 spiro atoms. The minimum absolute atomic E-state index is 0.00667. The first kappa shape index (κ1) is 27.5. The topological polar surface area (TPSA) is 68.7 Å². The molecule has 1 aromatic heterocycles. The first-order valence-electron chi connectivity index (χ1n) is 12.7. The lowest BCUT2D eigenvalue weighted by Crippen LogP contribution is -2.45. The Morgan fingerprint density at radius 3 is 2.78 bits per heavy atom. The molecule has 0 radical (unpaired) electrons. The van der Waals surface area contributed by atoms with Crippen LogP contribution in [0.4, 0.5) is 11.5 Å². The van der Waals surface area contributed by atoms with Crippen LogP contribution in [-0.4, -0.2) is 60.9 Å². The summed E-state index contributed by atoms with van der Waals surface area (Å²) >= 11 is 12.2. The number of allylic oxidation sites excluding steroid dienone is 1. The third kappa shape index (κ3) is 7.71. The van der Waals surface area contributed by atoms with Gasteiger partial charge in [0.15, 0.2) is 11.5 Å². The van der Waals surface area contributed by atoms with Gasteiger partial charge >= 0.3 is 0 Å². The molecule has 2 heterocycles. The summed E-state index contributed by atoms with van der Waals surface area (Å²) in [7, 11) is 1.62. The SMILES string of the molecule is C=CCCCCCCN1CCOC(COc2cc3ncnc(Nc4ccc(Cl)c(Cl)c4)c3cc2OC)C1. The highest BCUT2D eigenvalue weighted by molar-refractivity contribution is 6.42. The summed E-state index contributed by atoms with van der Waals surface area (Å²) in [5, 5.41) is 5.04. The van der Waals surface area contributed by atoms with Gasteiger partial charge in [-0.2, -0.15) is 0 Å². The summed E-state index contributed by atoms with van der Waals surface area (Å²) in [6.45, 7) is 7.88. The number of rotatable bonds is 13. The van der Waals surface area contributed by atoms with Crippen LogP contribution in [-0.2, 0) is 4.74 Å². The van der Waals surface area contributed by atoms with Crippen molar-refractivity contribution in [2.45, 2.75) is 38.2 Å². The molecule has 1 aliphatic heterocycles. The molecule has 7 nitrogen and oxygen atoms in total. The van der Waals surface area contributed by atoms with Crippen LogP contribution in [0.5, 0.6) is 11.5 Å². The molecule has 1 atom stereocenters. The average Bonchev–Trinajstić information content (AvgIpc) is 2.91. The average molecular weight is 546 g/mol. The van der Waals surface area contributed by atoms with E-state index in [9.17, 15) is 0 Å². The second-order valence-electron chi connectivity index (χ2n) is 9.09. The number of aromatic nitrogens is 2. The van der Waals surface area contributed by atoms with Crippen LogP contribution in [0.1, 0.15) is 32.1 Å². The van der Waals surface area contributed by atoms with Gasteiger partial charge in [-0.15, -0.1) is 6.58 Å². The van der Waals surface area contributed by atoms with E-state index in [1.54, 1.807) is 19.2 Å². The number of anilines is 2. The fourth-order valence-corrected chi connectivity index (χ4v) is 4.69. The fourth-order valence-electron chi connectivity index (χ4n) is 4.39. The number of morpholine rings is 1.